The molecule has 0 unspecified atom stereocenters. The average Bonchev–Trinajstić information content (AvgIpc) is 3.35. The van der Waals surface area contributed by atoms with Gasteiger partial charge in [-0.1, -0.05) is 35.0 Å². The van der Waals surface area contributed by atoms with Crippen molar-refractivity contribution in [3.8, 4) is 22.5 Å². The Hall–Kier alpha value is -3.23. The maximum atomic E-state index is 12.3. The van der Waals surface area contributed by atoms with Crippen LogP contribution in [0, 0.1) is 0 Å². The molecule has 1 atom stereocenters. The first-order valence-electron chi connectivity index (χ1n) is 9.13. The van der Waals surface area contributed by atoms with Crippen molar-refractivity contribution in [3.63, 3.8) is 0 Å². The molecule has 2 aromatic heterocycles. The molecule has 1 aliphatic rings. The Kier molecular flexibility index (Phi) is 5.05. The van der Waals surface area contributed by atoms with Crippen molar-refractivity contribution in [2.75, 3.05) is 20.7 Å². The highest BCUT2D eigenvalue weighted by molar-refractivity contribution is 6.31. The highest BCUT2D eigenvalue weighted by Crippen LogP contribution is 2.35. The summed E-state index contributed by atoms with van der Waals surface area (Å²) in [4.78, 5) is 29.9. The van der Waals surface area contributed by atoms with Gasteiger partial charge in [-0.25, -0.2) is 9.78 Å². The van der Waals surface area contributed by atoms with Crippen molar-refractivity contribution in [1.29, 1.82) is 0 Å². The number of halogens is 1. The summed E-state index contributed by atoms with van der Waals surface area (Å²) in [6.07, 6.45) is 0.236. The lowest BCUT2D eigenvalue weighted by molar-refractivity contribution is -0.144. The first-order chi connectivity index (χ1) is 14.3. The van der Waals surface area contributed by atoms with Gasteiger partial charge in [0.2, 0.25) is 5.60 Å². The minimum absolute atomic E-state index is 0.0974. The van der Waals surface area contributed by atoms with Gasteiger partial charge in [0.1, 0.15) is 5.69 Å². The van der Waals surface area contributed by atoms with Gasteiger partial charge in [-0.05, 0) is 18.2 Å². The number of carbonyl (C=O) groups excluding carboxylic acids is 2. The summed E-state index contributed by atoms with van der Waals surface area (Å²) < 4.78 is 10.0. The summed E-state index contributed by atoms with van der Waals surface area (Å²) in [6, 6.07) is 11.8. The zero-order valence-corrected chi connectivity index (χ0v) is 17.0. The monoisotopic (exact) mass is 427 g/mol. The van der Waals surface area contributed by atoms with Gasteiger partial charge in [-0.3, -0.25) is 4.79 Å². The van der Waals surface area contributed by atoms with Crippen LogP contribution in [0.3, 0.4) is 0 Å². The van der Waals surface area contributed by atoms with Crippen LogP contribution < -0.4 is 0 Å². The van der Waals surface area contributed by atoms with E-state index >= 15 is 0 Å². The van der Waals surface area contributed by atoms with E-state index in [-0.39, 0.29) is 17.9 Å². The molecule has 9 heteroatoms. The Balaban J connectivity index is 1.69. The number of esters is 1. The first-order valence-corrected chi connectivity index (χ1v) is 9.51. The Labute approximate surface area is 177 Å². The zero-order chi connectivity index (χ0) is 21.5. The van der Waals surface area contributed by atoms with Gasteiger partial charge in [-0.15, -0.1) is 0 Å². The van der Waals surface area contributed by atoms with Gasteiger partial charge in [0.25, 0.3) is 5.91 Å². The largest absolute Gasteiger partial charge is 0.464 e. The number of hydrogen-bond donors (Lipinski definition) is 1. The van der Waals surface area contributed by atoms with E-state index in [1.54, 1.807) is 31.3 Å². The van der Waals surface area contributed by atoms with Crippen LogP contribution in [0.2, 0.25) is 5.02 Å². The molecule has 1 fully saturated rings. The molecule has 30 heavy (non-hydrogen) atoms. The third kappa shape index (κ3) is 3.44. The lowest BCUT2D eigenvalue weighted by atomic mass is 9.97. The van der Waals surface area contributed by atoms with Gasteiger partial charge >= 0.3 is 5.97 Å². The summed E-state index contributed by atoms with van der Waals surface area (Å²) >= 11 is 6.14. The van der Waals surface area contributed by atoms with Crippen molar-refractivity contribution in [3.05, 3.63) is 58.9 Å². The minimum atomic E-state index is -1.71. The molecule has 1 aliphatic heterocycles. The van der Waals surface area contributed by atoms with E-state index in [4.69, 9.17) is 20.9 Å². The molecule has 1 saturated heterocycles. The second-order valence-corrected chi connectivity index (χ2v) is 7.48. The van der Waals surface area contributed by atoms with E-state index in [0.29, 0.717) is 34.1 Å². The molecule has 0 spiro atoms. The quantitative estimate of drug-likeness (QED) is 0.638. The molecular weight excluding hydrogens is 410 g/mol. The topological polar surface area (TPSA) is 106 Å². The predicted octanol–water partition coefficient (Wildman–Crippen LogP) is 2.89. The number of rotatable bonds is 4. The summed E-state index contributed by atoms with van der Waals surface area (Å²) in [7, 11) is 2.90. The van der Waals surface area contributed by atoms with Crippen molar-refractivity contribution < 1.29 is 24.0 Å². The molecule has 0 radical (unpaired) electrons. The molecule has 8 nitrogen and oxygen atoms in total. The second-order valence-electron chi connectivity index (χ2n) is 7.04. The average molecular weight is 428 g/mol. The van der Waals surface area contributed by atoms with E-state index in [1.807, 2.05) is 12.1 Å². The Bertz CT molecular complexity index is 1150. The third-order valence-corrected chi connectivity index (χ3v) is 5.28. The number of carbonyl (C=O) groups is 2. The number of methoxy groups -OCH3 is 1. The molecule has 3 heterocycles. The molecule has 0 aliphatic carbocycles. The molecule has 0 saturated carbocycles. The van der Waals surface area contributed by atoms with Gasteiger partial charge in [0.15, 0.2) is 11.5 Å². The number of aliphatic hydroxyl groups is 1. The number of pyridine rings is 1. The van der Waals surface area contributed by atoms with Crippen LogP contribution in [0.1, 0.15) is 22.7 Å². The number of aromatic nitrogens is 2. The minimum Gasteiger partial charge on any atom is -0.464 e. The van der Waals surface area contributed by atoms with Crippen LogP contribution in [-0.4, -0.2) is 52.7 Å². The second kappa shape index (κ2) is 7.55. The van der Waals surface area contributed by atoms with Crippen molar-refractivity contribution in [2.24, 2.45) is 0 Å². The summed E-state index contributed by atoms with van der Waals surface area (Å²) in [5.41, 5.74) is 0.714. The molecule has 1 N–H and O–H groups in total. The van der Waals surface area contributed by atoms with Crippen LogP contribution in [0.4, 0.5) is 0 Å². The fourth-order valence-corrected chi connectivity index (χ4v) is 3.59. The molecule has 0 bridgehead atoms. The van der Waals surface area contributed by atoms with Gasteiger partial charge < -0.3 is 19.3 Å². The summed E-state index contributed by atoms with van der Waals surface area (Å²) in [5, 5.41) is 15.1. The van der Waals surface area contributed by atoms with Gasteiger partial charge in [0, 0.05) is 42.2 Å². The Morgan fingerprint density at radius 2 is 1.97 bits per heavy atom. The SMILES string of the molecule is COC(=O)c1cc(Cl)cc(-c2cccc(-c3cc([C@]4(O)CCN(C)C4=O)on3)c2)n1. The fraction of sp³-hybridized carbons (Fsp3) is 0.238. The van der Waals surface area contributed by atoms with Crippen LogP contribution in [-0.2, 0) is 15.1 Å². The highest BCUT2D eigenvalue weighted by atomic mass is 35.5. The smallest absolute Gasteiger partial charge is 0.356 e. The standard InChI is InChI=1S/C21H18ClN3O5/c1-25-7-6-21(28,20(25)27)18-11-16(24-30-18)13-5-3-4-12(8-13)15-9-14(22)10-17(23-15)19(26)29-2/h3-5,8-11,28H,6-7H2,1-2H3/t21-/m1/s1. The number of amides is 1. The molecule has 1 amide bonds. The first kappa shape index (κ1) is 20.1. The van der Waals surface area contributed by atoms with Crippen LogP contribution in [0.15, 0.2) is 47.0 Å². The molecule has 3 aromatic rings. The third-order valence-electron chi connectivity index (χ3n) is 5.07. The molecule has 4 rings (SSSR count). The van der Waals surface area contributed by atoms with E-state index in [0.717, 1.165) is 0 Å². The number of likely N-dealkylation sites (N-methyl/N-ethyl adjacent to an activating group) is 1. The maximum absolute atomic E-state index is 12.3. The lowest BCUT2D eigenvalue weighted by Crippen LogP contribution is -2.35. The molecular formula is C21H18ClN3O5. The normalized spacial score (nSPS) is 18.7. The maximum Gasteiger partial charge on any atom is 0.356 e. The van der Waals surface area contributed by atoms with E-state index < -0.39 is 17.5 Å². The fourth-order valence-electron chi connectivity index (χ4n) is 3.38. The Morgan fingerprint density at radius 1 is 1.23 bits per heavy atom. The highest BCUT2D eigenvalue weighted by Gasteiger charge is 2.48. The number of benzene rings is 1. The van der Waals surface area contributed by atoms with Crippen molar-refractivity contribution in [2.45, 2.75) is 12.0 Å². The number of hydrogen-bond acceptors (Lipinski definition) is 7. The summed E-state index contributed by atoms with van der Waals surface area (Å²) in [5.74, 6) is -0.904. The lowest BCUT2D eigenvalue weighted by Gasteiger charge is -2.16. The van der Waals surface area contributed by atoms with Crippen LogP contribution in [0.25, 0.3) is 22.5 Å². The van der Waals surface area contributed by atoms with E-state index in [1.165, 1.54) is 18.1 Å². The molecule has 1 aromatic carbocycles. The number of likely N-dealkylation sites (tertiary alicyclic amines) is 1. The van der Waals surface area contributed by atoms with E-state index in [2.05, 4.69) is 10.1 Å². The molecule has 154 valence electrons. The van der Waals surface area contributed by atoms with Gasteiger partial charge in [0.05, 0.1) is 12.8 Å². The zero-order valence-electron chi connectivity index (χ0n) is 16.3. The summed E-state index contributed by atoms with van der Waals surface area (Å²) in [6.45, 7) is 0.434. The van der Waals surface area contributed by atoms with Gasteiger partial charge in [-0.2, -0.15) is 0 Å². The number of ether oxygens (including phenoxy) is 1. The number of nitrogens with zero attached hydrogens (tertiary/aromatic N) is 3. The van der Waals surface area contributed by atoms with Crippen LogP contribution in [0.5, 0.6) is 0 Å². The van der Waals surface area contributed by atoms with Crippen molar-refractivity contribution >= 4 is 23.5 Å². The van der Waals surface area contributed by atoms with Crippen LogP contribution >= 0.6 is 11.6 Å². The predicted molar refractivity (Wildman–Crippen MR) is 108 cm³/mol. The van der Waals surface area contributed by atoms with Crippen molar-refractivity contribution in [1.82, 2.24) is 15.0 Å². The van der Waals surface area contributed by atoms with E-state index in [9.17, 15) is 14.7 Å². The Morgan fingerprint density at radius 3 is 2.63 bits per heavy atom.